The Kier molecular flexibility index (Phi) is 5.13. The number of carbonyl (C=O) groups is 2. The Labute approximate surface area is 194 Å². The molecule has 170 valence electrons. The van der Waals surface area contributed by atoms with Crippen LogP contribution in [0.1, 0.15) is 42.9 Å². The number of benzene rings is 1. The van der Waals surface area contributed by atoms with E-state index in [1.807, 2.05) is 30.3 Å². The van der Waals surface area contributed by atoms with Gasteiger partial charge in [-0.3, -0.25) is 10.1 Å². The molecule has 1 saturated carbocycles. The maximum atomic E-state index is 12.4. The third-order valence-corrected chi connectivity index (χ3v) is 5.89. The van der Waals surface area contributed by atoms with Crippen molar-refractivity contribution in [2.45, 2.75) is 32.8 Å². The number of allylic oxidation sites excluding steroid dienone is 3. The van der Waals surface area contributed by atoms with Crippen molar-refractivity contribution >= 4 is 29.2 Å². The molecule has 1 amide bonds. The number of aliphatic carboxylic acids is 1. The van der Waals surface area contributed by atoms with Crippen LogP contribution in [0.4, 0.5) is 10.5 Å². The molecule has 34 heavy (non-hydrogen) atoms. The summed E-state index contributed by atoms with van der Waals surface area (Å²) in [5.74, 6) is 5.28. The molecule has 1 aliphatic carbocycles. The Morgan fingerprint density at radius 3 is 2.56 bits per heavy atom. The summed E-state index contributed by atoms with van der Waals surface area (Å²) in [6.45, 7) is 3.44. The minimum atomic E-state index is -0.870. The van der Waals surface area contributed by atoms with Gasteiger partial charge in [-0.2, -0.15) is 0 Å². The van der Waals surface area contributed by atoms with E-state index >= 15 is 0 Å². The number of anilines is 1. The number of carbonyl (C=O) groups excluding carboxylic acids is 1. The molecule has 5 rings (SSSR count). The van der Waals surface area contributed by atoms with Crippen LogP contribution in [0.25, 0.3) is 0 Å². The predicted molar refractivity (Wildman–Crippen MR) is 123 cm³/mol. The van der Waals surface area contributed by atoms with Gasteiger partial charge in [-0.05, 0) is 50.2 Å². The minimum absolute atomic E-state index is 0.237. The van der Waals surface area contributed by atoms with Crippen molar-refractivity contribution in [1.82, 2.24) is 5.16 Å². The highest BCUT2D eigenvalue weighted by Gasteiger charge is 2.55. The molecule has 3 aliphatic rings. The molecule has 0 radical (unpaired) electrons. The van der Waals surface area contributed by atoms with E-state index in [1.165, 1.54) is 0 Å². The number of hydrogen-bond donors (Lipinski definition) is 2. The number of rotatable bonds is 5. The van der Waals surface area contributed by atoms with Gasteiger partial charge >= 0.3 is 12.1 Å². The van der Waals surface area contributed by atoms with E-state index in [1.54, 1.807) is 26.0 Å². The number of carboxylic acid groups (broad SMARTS) is 1. The van der Waals surface area contributed by atoms with Crippen LogP contribution in [-0.4, -0.2) is 33.7 Å². The molecular weight excluding hydrogens is 436 g/mol. The van der Waals surface area contributed by atoms with Crippen LogP contribution in [0.3, 0.4) is 0 Å². The number of carboxylic acids is 1. The van der Waals surface area contributed by atoms with Gasteiger partial charge in [0.15, 0.2) is 11.5 Å². The lowest BCUT2D eigenvalue weighted by molar-refractivity contribution is -0.141. The number of aryl methyl sites for hydroxylation is 1. The summed E-state index contributed by atoms with van der Waals surface area (Å²) in [5, 5.41) is 16.0. The van der Waals surface area contributed by atoms with Crippen molar-refractivity contribution in [2.75, 3.05) is 5.32 Å². The molecule has 1 atom stereocenters. The third kappa shape index (κ3) is 3.90. The average molecular weight is 456 g/mol. The van der Waals surface area contributed by atoms with Crippen LogP contribution in [0.2, 0.25) is 0 Å². The Hall–Kier alpha value is -4.45. The summed E-state index contributed by atoms with van der Waals surface area (Å²) in [6, 6.07) is 9.39. The summed E-state index contributed by atoms with van der Waals surface area (Å²) in [5.41, 5.74) is 2.75. The smallest absolute Gasteiger partial charge is 0.412 e. The van der Waals surface area contributed by atoms with Gasteiger partial charge in [0.25, 0.3) is 0 Å². The second-order valence-electron chi connectivity index (χ2n) is 8.24. The molecule has 1 aromatic carbocycles. The lowest BCUT2D eigenvalue weighted by atomic mass is 10.0. The van der Waals surface area contributed by atoms with Crippen molar-refractivity contribution in [1.29, 1.82) is 0 Å². The zero-order chi connectivity index (χ0) is 23.9. The first-order valence-electron chi connectivity index (χ1n) is 10.7. The van der Waals surface area contributed by atoms with Gasteiger partial charge in [0.05, 0.1) is 17.1 Å². The van der Waals surface area contributed by atoms with Gasteiger partial charge in [-0.1, -0.05) is 35.5 Å². The number of ether oxygens (including phenoxy) is 1. The summed E-state index contributed by atoms with van der Waals surface area (Å²) in [4.78, 5) is 32.8. The summed E-state index contributed by atoms with van der Waals surface area (Å²) >= 11 is 0. The van der Waals surface area contributed by atoms with E-state index in [4.69, 9.17) is 9.26 Å². The first-order chi connectivity index (χ1) is 16.4. The molecule has 2 N–H and O–H groups in total. The van der Waals surface area contributed by atoms with Crippen molar-refractivity contribution in [2.24, 2.45) is 15.4 Å². The number of fused-ring (bicyclic) bond motifs is 1. The Morgan fingerprint density at radius 2 is 1.88 bits per heavy atom. The van der Waals surface area contributed by atoms with Crippen LogP contribution in [0.5, 0.6) is 0 Å². The van der Waals surface area contributed by atoms with Crippen LogP contribution in [-0.2, 0) is 9.53 Å². The Balaban J connectivity index is 1.27. The molecular formula is C25H20N4O5. The van der Waals surface area contributed by atoms with Crippen LogP contribution in [0, 0.1) is 24.2 Å². The van der Waals surface area contributed by atoms with E-state index in [-0.39, 0.29) is 5.69 Å². The fourth-order valence-corrected chi connectivity index (χ4v) is 3.74. The number of aliphatic imine (C=N–C) groups is 2. The van der Waals surface area contributed by atoms with Crippen LogP contribution >= 0.6 is 0 Å². The molecule has 0 saturated heterocycles. The molecule has 1 unspecified atom stereocenters. The van der Waals surface area contributed by atoms with E-state index in [0.717, 1.165) is 5.56 Å². The summed E-state index contributed by atoms with van der Waals surface area (Å²) in [6.07, 6.45) is 3.48. The second kappa shape index (κ2) is 8.15. The highest BCUT2D eigenvalue weighted by molar-refractivity contribution is 6.54. The Morgan fingerprint density at radius 1 is 1.15 bits per heavy atom. The molecule has 1 aromatic heterocycles. The van der Waals surface area contributed by atoms with E-state index < -0.39 is 23.6 Å². The predicted octanol–water partition coefficient (Wildman–Crippen LogP) is 4.19. The topological polar surface area (TPSA) is 126 Å². The summed E-state index contributed by atoms with van der Waals surface area (Å²) in [7, 11) is 0. The number of nitrogens with one attached hydrogen (secondary N) is 1. The second-order valence-corrected chi connectivity index (χ2v) is 8.24. The van der Waals surface area contributed by atoms with E-state index in [0.29, 0.717) is 47.1 Å². The third-order valence-electron chi connectivity index (χ3n) is 5.89. The van der Waals surface area contributed by atoms with Gasteiger partial charge in [0.1, 0.15) is 22.9 Å². The fourth-order valence-electron chi connectivity index (χ4n) is 3.74. The standard InChI is InChI=1S/C25H20N4O5/c1-14(16-6-4-3-5-7-16)33-24(32)28-22-15(2)34-29-18(22)9-8-17-12-19-20(26-17)13-21(27-19)25(10-11-25)23(30)31/h3-7,12-14H,10-11H2,1-2H3,(H,28,32)(H,30,31). The van der Waals surface area contributed by atoms with Crippen molar-refractivity contribution in [3.63, 3.8) is 0 Å². The summed E-state index contributed by atoms with van der Waals surface area (Å²) < 4.78 is 10.6. The average Bonchev–Trinajstić information content (AvgIpc) is 3.26. The zero-order valence-corrected chi connectivity index (χ0v) is 18.5. The molecule has 9 nitrogen and oxygen atoms in total. The molecule has 0 bridgehead atoms. The van der Waals surface area contributed by atoms with Gasteiger partial charge in [0, 0.05) is 6.08 Å². The van der Waals surface area contributed by atoms with Gasteiger partial charge < -0.3 is 14.4 Å². The first-order valence-corrected chi connectivity index (χ1v) is 10.7. The van der Waals surface area contributed by atoms with Crippen molar-refractivity contribution in [3.05, 3.63) is 70.9 Å². The number of amides is 1. The normalized spacial score (nSPS) is 17.8. The Bertz CT molecular complexity index is 1380. The first kappa shape index (κ1) is 21.4. The lowest BCUT2D eigenvalue weighted by Crippen LogP contribution is -2.16. The largest absolute Gasteiger partial charge is 0.481 e. The number of hydrogen-bond acceptors (Lipinski definition) is 7. The number of nitrogens with zero attached hydrogens (tertiary/aromatic N) is 3. The van der Waals surface area contributed by atoms with Gasteiger partial charge in [-0.15, -0.1) is 0 Å². The fraction of sp³-hybridized carbons (Fsp3) is 0.240. The SMILES string of the molecule is Cc1onc(C#CC2=CC3=NC(C4(C(=O)O)CC4)=CC3=N2)c1NC(=O)OC(C)c1ccccc1. The molecule has 2 aliphatic heterocycles. The lowest BCUT2D eigenvalue weighted by Gasteiger charge is -2.13. The molecule has 9 heteroatoms. The molecule has 2 aromatic rings. The van der Waals surface area contributed by atoms with Crippen LogP contribution < -0.4 is 5.32 Å². The quantitative estimate of drug-likeness (QED) is 0.650. The van der Waals surface area contributed by atoms with Gasteiger partial charge in [-0.25, -0.2) is 14.8 Å². The monoisotopic (exact) mass is 456 g/mol. The van der Waals surface area contributed by atoms with Crippen molar-refractivity contribution < 1.29 is 24.0 Å². The molecule has 3 heterocycles. The highest BCUT2D eigenvalue weighted by atomic mass is 16.6. The highest BCUT2D eigenvalue weighted by Crippen LogP contribution is 2.53. The van der Waals surface area contributed by atoms with E-state index in [9.17, 15) is 14.7 Å². The molecule has 0 spiro atoms. The molecule has 1 fully saturated rings. The van der Waals surface area contributed by atoms with E-state index in [2.05, 4.69) is 32.3 Å². The zero-order valence-electron chi connectivity index (χ0n) is 18.5. The minimum Gasteiger partial charge on any atom is -0.481 e. The van der Waals surface area contributed by atoms with Crippen molar-refractivity contribution in [3.8, 4) is 11.8 Å². The number of aromatic nitrogens is 1. The van der Waals surface area contributed by atoms with Crippen LogP contribution in [0.15, 0.2) is 68.4 Å². The maximum absolute atomic E-state index is 12.4. The van der Waals surface area contributed by atoms with Gasteiger partial charge in [0.2, 0.25) is 0 Å². The maximum Gasteiger partial charge on any atom is 0.412 e.